The van der Waals surface area contributed by atoms with Gasteiger partial charge in [-0.15, -0.1) is 0 Å². The van der Waals surface area contributed by atoms with Crippen molar-refractivity contribution in [2.75, 3.05) is 6.61 Å². The van der Waals surface area contributed by atoms with Gasteiger partial charge in [-0.3, -0.25) is 0 Å². The largest absolute Gasteiger partial charge is 0.390 e. The first kappa shape index (κ1) is 8.02. The fourth-order valence-electron chi connectivity index (χ4n) is 1.38. The summed E-state index contributed by atoms with van der Waals surface area (Å²) in [6.45, 7) is 8.76. The number of rotatable bonds is 1. The highest BCUT2D eigenvalue weighted by Crippen LogP contribution is 2.46. The first-order chi connectivity index (χ1) is 4.40. The molecule has 1 heterocycles. The summed E-state index contributed by atoms with van der Waals surface area (Å²) >= 11 is 0. The number of ether oxygens (including phenoxy) is 1. The molecule has 0 aliphatic carbocycles. The zero-order valence-electron chi connectivity index (χ0n) is 7.14. The van der Waals surface area contributed by atoms with Crippen LogP contribution in [0.1, 0.15) is 27.7 Å². The first-order valence-corrected chi connectivity index (χ1v) is 3.72. The maximum atomic E-state index is 9.35. The van der Waals surface area contributed by atoms with Gasteiger partial charge in [0.15, 0.2) is 0 Å². The van der Waals surface area contributed by atoms with Gasteiger partial charge < -0.3 is 9.84 Å². The summed E-state index contributed by atoms with van der Waals surface area (Å²) in [6, 6.07) is 0. The third-order valence-electron chi connectivity index (χ3n) is 2.40. The average molecular weight is 144 g/mol. The SMILES string of the molecule is C[C@H](O)[C@@]1(C(C)(C)C)CO1. The van der Waals surface area contributed by atoms with Gasteiger partial charge >= 0.3 is 0 Å². The summed E-state index contributed by atoms with van der Waals surface area (Å²) in [5, 5.41) is 9.35. The molecule has 0 aromatic rings. The van der Waals surface area contributed by atoms with Gasteiger partial charge in [0.1, 0.15) is 5.60 Å². The van der Waals surface area contributed by atoms with Crippen molar-refractivity contribution in [1.29, 1.82) is 0 Å². The molecule has 60 valence electrons. The topological polar surface area (TPSA) is 32.8 Å². The standard InChI is InChI=1S/C8H16O2/c1-6(9)8(5-10-8)7(2,3)4/h6,9H,5H2,1-4H3/t6-,8+/m0/s1. The second-order valence-corrected chi connectivity index (χ2v) is 4.10. The fourth-order valence-corrected chi connectivity index (χ4v) is 1.38. The Morgan fingerprint density at radius 3 is 1.90 bits per heavy atom. The molecule has 2 atom stereocenters. The molecule has 1 aliphatic heterocycles. The van der Waals surface area contributed by atoms with Crippen molar-refractivity contribution >= 4 is 0 Å². The van der Waals surface area contributed by atoms with Gasteiger partial charge in [0.2, 0.25) is 0 Å². The monoisotopic (exact) mass is 144 g/mol. The van der Waals surface area contributed by atoms with Crippen LogP contribution in [0.4, 0.5) is 0 Å². The normalized spacial score (nSPS) is 35.7. The number of aliphatic hydroxyl groups is 1. The van der Waals surface area contributed by atoms with Crippen LogP contribution in [-0.4, -0.2) is 23.4 Å². The summed E-state index contributed by atoms with van der Waals surface area (Å²) in [6.07, 6.45) is -0.354. The van der Waals surface area contributed by atoms with E-state index >= 15 is 0 Å². The molecule has 1 N–H and O–H groups in total. The molecule has 0 saturated carbocycles. The van der Waals surface area contributed by atoms with Crippen LogP contribution < -0.4 is 0 Å². The van der Waals surface area contributed by atoms with Crippen LogP contribution in [0.15, 0.2) is 0 Å². The van der Waals surface area contributed by atoms with Crippen LogP contribution in [0.5, 0.6) is 0 Å². The maximum Gasteiger partial charge on any atom is 0.122 e. The highest BCUT2D eigenvalue weighted by atomic mass is 16.6. The summed E-state index contributed by atoms with van der Waals surface area (Å²) in [5.74, 6) is 0. The highest BCUT2D eigenvalue weighted by molar-refractivity contribution is 5.05. The van der Waals surface area contributed by atoms with Crippen molar-refractivity contribution in [3.8, 4) is 0 Å². The fraction of sp³-hybridized carbons (Fsp3) is 1.00. The Morgan fingerprint density at radius 2 is 1.90 bits per heavy atom. The van der Waals surface area contributed by atoms with Crippen LogP contribution in [0.25, 0.3) is 0 Å². The van der Waals surface area contributed by atoms with Crippen molar-refractivity contribution in [2.45, 2.75) is 39.4 Å². The molecular formula is C8H16O2. The smallest absolute Gasteiger partial charge is 0.122 e. The zero-order chi connectivity index (χ0) is 7.99. The maximum absolute atomic E-state index is 9.35. The van der Waals surface area contributed by atoms with Gasteiger partial charge in [0.05, 0.1) is 12.7 Å². The van der Waals surface area contributed by atoms with Crippen LogP contribution in [0, 0.1) is 5.41 Å². The Kier molecular flexibility index (Phi) is 1.57. The molecule has 0 unspecified atom stereocenters. The van der Waals surface area contributed by atoms with Crippen molar-refractivity contribution in [3.63, 3.8) is 0 Å². The Labute approximate surface area is 62.2 Å². The lowest BCUT2D eigenvalue weighted by molar-refractivity contribution is 0.0211. The van der Waals surface area contributed by atoms with Crippen LogP contribution >= 0.6 is 0 Å². The number of epoxide rings is 1. The molecule has 1 saturated heterocycles. The predicted octanol–water partition coefficient (Wildman–Crippen LogP) is 1.18. The molecule has 0 aromatic heterocycles. The summed E-state index contributed by atoms with van der Waals surface area (Å²) < 4.78 is 5.27. The van der Waals surface area contributed by atoms with Gasteiger partial charge in [0, 0.05) is 0 Å². The van der Waals surface area contributed by atoms with E-state index in [9.17, 15) is 5.11 Å². The van der Waals surface area contributed by atoms with E-state index < -0.39 is 0 Å². The van der Waals surface area contributed by atoms with Gasteiger partial charge in [-0.2, -0.15) is 0 Å². The van der Waals surface area contributed by atoms with Crippen LogP contribution in [0.2, 0.25) is 0 Å². The molecule has 0 spiro atoms. The van der Waals surface area contributed by atoms with E-state index in [1.807, 2.05) is 0 Å². The van der Waals surface area contributed by atoms with E-state index in [1.54, 1.807) is 6.92 Å². The van der Waals surface area contributed by atoms with Crippen molar-refractivity contribution in [3.05, 3.63) is 0 Å². The quantitative estimate of drug-likeness (QED) is 0.560. The lowest BCUT2D eigenvalue weighted by Crippen LogP contribution is -2.40. The third-order valence-corrected chi connectivity index (χ3v) is 2.40. The number of hydrogen-bond acceptors (Lipinski definition) is 2. The van der Waals surface area contributed by atoms with E-state index in [0.29, 0.717) is 6.61 Å². The minimum absolute atomic E-state index is 0.0567. The third kappa shape index (κ3) is 0.956. The van der Waals surface area contributed by atoms with Crippen molar-refractivity contribution < 1.29 is 9.84 Å². The first-order valence-electron chi connectivity index (χ1n) is 3.72. The summed E-state index contributed by atoms with van der Waals surface area (Å²) in [5.41, 5.74) is -0.200. The Morgan fingerprint density at radius 1 is 1.50 bits per heavy atom. The predicted molar refractivity (Wildman–Crippen MR) is 39.8 cm³/mol. The highest BCUT2D eigenvalue weighted by Gasteiger charge is 2.57. The van der Waals surface area contributed by atoms with E-state index in [-0.39, 0.29) is 17.1 Å². The molecule has 0 amide bonds. The zero-order valence-corrected chi connectivity index (χ0v) is 7.14. The minimum Gasteiger partial charge on any atom is -0.390 e. The molecular weight excluding hydrogens is 128 g/mol. The molecule has 0 aromatic carbocycles. The Hall–Kier alpha value is -0.0800. The summed E-state index contributed by atoms with van der Waals surface area (Å²) in [7, 11) is 0. The number of aliphatic hydroxyl groups excluding tert-OH is 1. The van der Waals surface area contributed by atoms with Crippen LogP contribution in [-0.2, 0) is 4.74 Å². The van der Waals surface area contributed by atoms with E-state index in [1.165, 1.54) is 0 Å². The van der Waals surface area contributed by atoms with E-state index in [4.69, 9.17) is 4.74 Å². The molecule has 1 rings (SSSR count). The Balaban J connectivity index is 2.70. The summed E-state index contributed by atoms with van der Waals surface area (Å²) in [4.78, 5) is 0. The Bertz CT molecular complexity index is 129. The lowest BCUT2D eigenvalue weighted by atomic mass is 9.78. The van der Waals surface area contributed by atoms with Crippen molar-refractivity contribution in [2.24, 2.45) is 5.41 Å². The molecule has 2 heteroatoms. The second kappa shape index (κ2) is 1.95. The van der Waals surface area contributed by atoms with Gasteiger partial charge in [0.25, 0.3) is 0 Å². The van der Waals surface area contributed by atoms with E-state index in [0.717, 1.165) is 0 Å². The molecule has 0 radical (unpaired) electrons. The van der Waals surface area contributed by atoms with Crippen LogP contribution in [0.3, 0.4) is 0 Å². The minimum atomic E-state index is -0.354. The molecule has 1 aliphatic rings. The second-order valence-electron chi connectivity index (χ2n) is 4.10. The van der Waals surface area contributed by atoms with Gasteiger partial charge in [-0.1, -0.05) is 20.8 Å². The molecule has 1 fully saturated rings. The lowest BCUT2D eigenvalue weighted by Gasteiger charge is -2.29. The van der Waals surface area contributed by atoms with Crippen molar-refractivity contribution in [1.82, 2.24) is 0 Å². The van der Waals surface area contributed by atoms with Gasteiger partial charge in [-0.05, 0) is 12.3 Å². The molecule has 2 nitrogen and oxygen atoms in total. The molecule has 10 heavy (non-hydrogen) atoms. The number of hydrogen-bond donors (Lipinski definition) is 1. The average Bonchev–Trinajstić information content (AvgIpc) is 2.36. The van der Waals surface area contributed by atoms with Gasteiger partial charge in [-0.25, -0.2) is 0 Å². The molecule has 0 bridgehead atoms. The van der Waals surface area contributed by atoms with E-state index in [2.05, 4.69) is 20.8 Å².